The van der Waals surface area contributed by atoms with Crippen LogP contribution in [0.3, 0.4) is 0 Å². The van der Waals surface area contributed by atoms with Gasteiger partial charge in [0.1, 0.15) is 22.7 Å². The van der Waals surface area contributed by atoms with Crippen molar-refractivity contribution in [3.05, 3.63) is 46.9 Å². The number of benzene rings is 1. The number of ether oxygens (including phenoxy) is 4. The Morgan fingerprint density at radius 2 is 1.93 bits per heavy atom. The van der Waals surface area contributed by atoms with Crippen molar-refractivity contribution in [2.45, 2.75) is 13.2 Å². The van der Waals surface area contributed by atoms with Crippen molar-refractivity contribution in [2.75, 3.05) is 40.5 Å². The van der Waals surface area contributed by atoms with Gasteiger partial charge in [0.15, 0.2) is 6.23 Å². The van der Waals surface area contributed by atoms with Gasteiger partial charge in [-0.25, -0.2) is 9.55 Å². The molecule has 2 aromatic heterocycles. The molecule has 0 bridgehead atoms. The molecule has 0 saturated carbocycles. The van der Waals surface area contributed by atoms with Gasteiger partial charge in [-0.15, -0.1) is 0 Å². The molecule has 9 heteroatoms. The van der Waals surface area contributed by atoms with Crippen LogP contribution in [0.1, 0.15) is 6.92 Å². The van der Waals surface area contributed by atoms with E-state index >= 15 is 0 Å². The Morgan fingerprint density at radius 1 is 1.13 bits per heavy atom. The molecule has 1 saturated heterocycles. The Balaban J connectivity index is 1.89. The van der Waals surface area contributed by atoms with Crippen molar-refractivity contribution in [2.24, 2.45) is 0 Å². The van der Waals surface area contributed by atoms with Crippen LogP contribution < -0.4 is 19.8 Å². The molecular weight excluding hydrogens is 388 g/mol. The monoisotopic (exact) mass is 412 g/mol. The van der Waals surface area contributed by atoms with Gasteiger partial charge in [-0.3, -0.25) is 9.69 Å². The zero-order valence-corrected chi connectivity index (χ0v) is 17.2. The third-order valence-corrected chi connectivity index (χ3v) is 5.05. The van der Waals surface area contributed by atoms with E-state index in [1.165, 1.54) is 11.7 Å². The van der Waals surface area contributed by atoms with E-state index in [0.717, 1.165) is 13.1 Å². The molecule has 0 radical (unpaired) electrons. The van der Waals surface area contributed by atoms with Crippen LogP contribution in [0.25, 0.3) is 16.7 Å². The maximum Gasteiger partial charge on any atom is 0.307 e. The average Bonchev–Trinajstić information content (AvgIpc) is 2.79. The molecule has 0 spiro atoms. The number of hydrogen-bond acceptors (Lipinski definition) is 8. The van der Waals surface area contributed by atoms with Crippen LogP contribution in [-0.4, -0.2) is 66.2 Å². The molecule has 9 nitrogen and oxygen atoms in total. The van der Waals surface area contributed by atoms with E-state index in [4.69, 9.17) is 18.9 Å². The molecule has 1 aliphatic heterocycles. The van der Waals surface area contributed by atoms with Crippen LogP contribution in [0, 0.1) is 0 Å². The molecule has 0 N–H and O–H groups in total. The first kappa shape index (κ1) is 20.1. The third kappa shape index (κ3) is 3.81. The van der Waals surface area contributed by atoms with Gasteiger partial charge in [0.05, 0.1) is 33.0 Å². The van der Waals surface area contributed by atoms with E-state index in [1.54, 1.807) is 43.6 Å². The molecule has 30 heavy (non-hydrogen) atoms. The Bertz CT molecular complexity index is 1080. The Morgan fingerprint density at radius 3 is 2.60 bits per heavy atom. The predicted octanol–water partition coefficient (Wildman–Crippen LogP) is 1.85. The summed E-state index contributed by atoms with van der Waals surface area (Å²) in [6, 6.07) is 8.82. The molecule has 1 aliphatic rings. The highest BCUT2D eigenvalue weighted by Gasteiger charge is 2.24. The van der Waals surface area contributed by atoms with E-state index in [2.05, 4.69) is 14.9 Å². The fraction of sp³-hybridized carbons (Fsp3) is 0.381. The van der Waals surface area contributed by atoms with Crippen molar-refractivity contribution in [1.82, 2.24) is 19.4 Å². The Labute approximate surface area is 173 Å². The van der Waals surface area contributed by atoms with Crippen LogP contribution >= 0.6 is 0 Å². The highest BCUT2D eigenvalue weighted by atomic mass is 16.5. The summed E-state index contributed by atoms with van der Waals surface area (Å²) in [6.07, 6.45) is 1.31. The Hall–Kier alpha value is -3.17. The summed E-state index contributed by atoms with van der Waals surface area (Å²) in [6.45, 7) is 4.69. The molecule has 0 aliphatic carbocycles. The molecule has 158 valence electrons. The topological polar surface area (TPSA) is 87.9 Å². The highest BCUT2D eigenvalue weighted by Crippen LogP contribution is 2.30. The number of methoxy groups -OCH3 is 2. The number of nitrogens with zero attached hydrogens (tertiary/aromatic N) is 4. The quantitative estimate of drug-likeness (QED) is 0.606. The fourth-order valence-electron chi connectivity index (χ4n) is 3.45. The minimum atomic E-state index is -0.331. The van der Waals surface area contributed by atoms with Crippen molar-refractivity contribution in [3.8, 4) is 23.3 Å². The molecular formula is C21H24N4O5. The van der Waals surface area contributed by atoms with E-state index in [9.17, 15) is 4.79 Å². The van der Waals surface area contributed by atoms with Crippen LogP contribution in [-0.2, 0) is 4.74 Å². The maximum absolute atomic E-state index is 13.5. The molecule has 1 aromatic carbocycles. The van der Waals surface area contributed by atoms with Crippen molar-refractivity contribution in [1.29, 1.82) is 0 Å². The van der Waals surface area contributed by atoms with Gasteiger partial charge in [-0.2, -0.15) is 4.98 Å². The summed E-state index contributed by atoms with van der Waals surface area (Å²) in [5, 5.41) is 0.329. The molecule has 4 rings (SSSR count). The lowest BCUT2D eigenvalue weighted by atomic mass is 10.2. The number of fused-ring (bicyclic) bond motifs is 1. The molecule has 1 fully saturated rings. The summed E-state index contributed by atoms with van der Waals surface area (Å²) in [4.78, 5) is 24.6. The first-order valence-corrected chi connectivity index (χ1v) is 9.71. The molecule has 1 unspecified atom stereocenters. The standard InChI is InChI=1S/C21H24N4O5/c1-14(24-8-10-29-11-9-24)30-21-23-16-12-15(27-2)13-17(28-3)19(16)20(26)25(21)18-6-4-5-7-22-18/h4-7,12-14H,8-11H2,1-3H3. The maximum atomic E-state index is 13.5. The van der Waals surface area contributed by atoms with E-state index < -0.39 is 0 Å². The van der Waals surface area contributed by atoms with Crippen LogP contribution in [0.5, 0.6) is 17.5 Å². The number of rotatable bonds is 6. The number of morpholine rings is 1. The molecule has 3 heterocycles. The molecule has 3 aromatic rings. The second-order valence-electron chi connectivity index (χ2n) is 6.81. The minimum Gasteiger partial charge on any atom is -0.497 e. The Kier molecular flexibility index (Phi) is 5.82. The lowest BCUT2D eigenvalue weighted by Gasteiger charge is -2.32. The minimum absolute atomic E-state index is 0.153. The van der Waals surface area contributed by atoms with Gasteiger partial charge in [0.2, 0.25) is 0 Å². The van der Waals surface area contributed by atoms with E-state index in [-0.39, 0.29) is 17.8 Å². The number of aromatic nitrogens is 3. The summed E-state index contributed by atoms with van der Waals surface area (Å²) < 4.78 is 23.7. The van der Waals surface area contributed by atoms with Crippen LogP contribution in [0.2, 0.25) is 0 Å². The summed E-state index contributed by atoms with van der Waals surface area (Å²) in [5.41, 5.74) is 0.0925. The molecule has 0 amide bonds. The highest BCUT2D eigenvalue weighted by molar-refractivity contribution is 5.86. The zero-order valence-electron chi connectivity index (χ0n) is 17.2. The number of pyridine rings is 1. The zero-order chi connectivity index (χ0) is 21.1. The van der Waals surface area contributed by atoms with Gasteiger partial charge < -0.3 is 18.9 Å². The second-order valence-corrected chi connectivity index (χ2v) is 6.81. The second kappa shape index (κ2) is 8.68. The third-order valence-electron chi connectivity index (χ3n) is 5.05. The largest absolute Gasteiger partial charge is 0.497 e. The van der Waals surface area contributed by atoms with E-state index in [1.807, 2.05) is 6.92 Å². The predicted molar refractivity (Wildman–Crippen MR) is 111 cm³/mol. The van der Waals surface area contributed by atoms with Gasteiger partial charge in [0, 0.05) is 31.4 Å². The van der Waals surface area contributed by atoms with E-state index in [0.29, 0.717) is 41.4 Å². The molecule has 1 atom stereocenters. The lowest BCUT2D eigenvalue weighted by molar-refractivity contribution is -0.0413. The van der Waals surface area contributed by atoms with Crippen LogP contribution in [0.15, 0.2) is 41.3 Å². The first-order chi connectivity index (χ1) is 14.6. The lowest BCUT2D eigenvalue weighted by Crippen LogP contribution is -2.45. The smallest absolute Gasteiger partial charge is 0.307 e. The van der Waals surface area contributed by atoms with Gasteiger partial charge in [0.25, 0.3) is 5.56 Å². The SMILES string of the molecule is COc1cc(OC)c2c(=O)n(-c3ccccn3)c(OC(C)N3CCOCC3)nc2c1. The van der Waals surface area contributed by atoms with Crippen LogP contribution in [0.4, 0.5) is 0 Å². The van der Waals surface area contributed by atoms with Crippen molar-refractivity contribution in [3.63, 3.8) is 0 Å². The average molecular weight is 412 g/mol. The van der Waals surface area contributed by atoms with Gasteiger partial charge >= 0.3 is 6.01 Å². The van der Waals surface area contributed by atoms with Gasteiger partial charge in [-0.1, -0.05) is 6.07 Å². The normalized spacial score (nSPS) is 15.7. The number of hydrogen-bond donors (Lipinski definition) is 0. The van der Waals surface area contributed by atoms with Crippen molar-refractivity contribution >= 4 is 10.9 Å². The van der Waals surface area contributed by atoms with Gasteiger partial charge in [-0.05, 0) is 19.1 Å². The fourth-order valence-corrected chi connectivity index (χ4v) is 3.45. The summed E-state index contributed by atoms with van der Waals surface area (Å²) >= 11 is 0. The summed E-state index contributed by atoms with van der Waals surface area (Å²) in [5.74, 6) is 1.33. The van der Waals surface area contributed by atoms with Crippen molar-refractivity contribution < 1.29 is 18.9 Å². The first-order valence-electron chi connectivity index (χ1n) is 9.71. The summed E-state index contributed by atoms with van der Waals surface area (Å²) in [7, 11) is 3.05.